The van der Waals surface area contributed by atoms with Crippen molar-refractivity contribution >= 4 is 29.7 Å². The highest BCUT2D eigenvalue weighted by Crippen LogP contribution is 2.13. The summed E-state index contributed by atoms with van der Waals surface area (Å²) in [4.78, 5) is 68.6. The van der Waals surface area contributed by atoms with Gasteiger partial charge in [0.1, 0.15) is 23.9 Å². The molecule has 0 fully saturated rings. The van der Waals surface area contributed by atoms with Gasteiger partial charge in [-0.2, -0.15) is 0 Å². The van der Waals surface area contributed by atoms with Crippen molar-refractivity contribution in [3.8, 4) is 5.75 Å². The van der Waals surface area contributed by atoms with Crippen molar-refractivity contribution < 1.29 is 39.3 Å². The van der Waals surface area contributed by atoms with Crippen LogP contribution in [0, 0.1) is 5.92 Å². The van der Waals surface area contributed by atoms with E-state index in [4.69, 9.17) is 5.73 Å². The van der Waals surface area contributed by atoms with Gasteiger partial charge < -0.3 is 42.0 Å². The van der Waals surface area contributed by atoms with E-state index in [1.165, 1.54) is 36.8 Å². The molecule has 0 aliphatic rings. The summed E-state index contributed by atoms with van der Waals surface area (Å²) in [5.74, 6) is -5.67. The van der Waals surface area contributed by atoms with Crippen LogP contribution in [0.3, 0.4) is 0 Å². The molecule has 2 aromatic rings. The van der Waals surface area contributed by atoms with E-state index in [1.807, 2.05) is 0 Å². The van der Waals surface area contributed by atoms with E-state index < -0.39 is 66.2 Å². The predicted octanol–water partition coefficient (Wildman–Crippen LogP) is -0.712. The first kappa shape index (κ1) is 30.8. The van der Waals surface area contributed by atoms with Gasteiger partial charge in [-0.1, -0.05) is 32.4 Å². The van der Waals surface area contributed by atoms with Crippen LogP contribution >= 0.6 is 0 Å². The fourth-order valence-corrected chi connectivity index (χ4v) is 3.67. The van der Waals surface area contributed by atoms with Gasteiger partial charge in [-0.05, 0) is 23.6 Å². The van der Waals surface area contributed by atoms with Crippen molar-refractivity contribution in [2.45, 2.75) is 63.7 Å². The highest BCUT2D eigenvalue weighted by molar-refractivity contribution is 5.95. The monoisotopic (exact) mass is 546 g/mol. The van der Waals surface area contributed by atoms with Crippen LogP contribution in [-0.2, 0) is 36.8 Å². The fraction of sp³-hybridized carbons (Fsp3) is 0.440. The number of aromatic amines is 1. The van der Waals surface area contributed by atoms with Crippen molar-refractivity contribution in [1.29, 1.82) is 0 Å². The molecular formula is C25H34N6O8. The van der Waals surface area contributed by atoms with E-state index in [0.29, 0.717) is 17.7 Å². The van der Waals surface area contributed by atoms with Gasteiger partial charge in [-0.15, -0.1) is 0 Å². The Hall–Kier alpha value is -4.46. The number of hydrogen-bond acceptors (Lipinski definition) is 8. The van der Waals surface area contributed by atoms with Gasteiger partial charge in [0, 0.05) is 24.7 Å². The van der Waals surface area contributed by atoms with E-state index >= 15 is 0 Å². The third-order valence-corrected chi connectivity index (χ3v) is 6.13. The number of nitrogens with zero attached hydrogens (tertiary/aromatic N) is 1. The standard InChI is InChI=1S/C25H34N6O8/c1-3-13(2)21(24(37)30-19(25(38)39)8-14-4-6-16(32)7-5-14)31-23(36)18(10-20(33)34)29-22(35)17(26)9-15-11-27-12-28-15/h4-7,11-13,17-19,21,32H,3,8-10,26H2,1-2H3,(H,27,28)(H,29,35)(H,30,37)(H,31,36)(H,33,34)(H,38,39). The van der Waals surface area contributed by atoms with Crippen molar-refractivity contribution in [2.24, 2.45) is 11.7 Å². The molecule has 212 valence electrons. The molecule has 5 unspecified atom stereocenters. The van der Waals surface area contributed by atoms with Crippen molar-refractivity contribution in [1.82, 2.24) is 25.9 Å². The number of aromatic nitrogens is 2. The number of nitrogens with two attached hydrogens (primary N) is 1. The van der Waals surface area contributed by atoms with Gasteiger partial charge in [0.2, 0.25) is 17.7 Å². The molecule has 0 saturated carbocycles. The Morgan fingerprint density at radius 3 is 2.13 bits per heavy atom. The quantitative estimate of drug-likeness (QED) is 0.140. The number of benzene rings is 1. The van der Waals surface area contributed by atoms with Crippen LogP contribution in [0.5, 0.6) is 5.75 Å². The Kier molecular flexibility index (Phi) is 11.4. The normalized spacial score (nSPS) is 14.7. The summed E-state index contributed by atoms with van der Waals surface area (Å²) in [7, 11) is 0. The molecule has 39 heavy (non-hydrogen) atoms. The molecule has 5 atom stereocenters. The first-order valence-corrected chi connectivity index (χ1v) is 12.3. The number of carboxylic acids is 2. The maximum Gasteiger partial charge on any atom is 0.326 e. The number of phenols is 1. The summed E-state index contributed by atoms with van der Waals surface area (Å²) in [6, 6.07) is 0.570. The molecule has 0 bridgehead atoms. The SMILES string of the molecule is CCC(C)C(NC(=O)C(CC(=O)O)NC(=O)C(N)Cc1cnc[nH]1)C(=O)NC(Cc1ccc(O)cc1)C(=O)O. The van der Waals surface area contributed by atoms with Crippen LogP contribution in [-0.4, -0.2) is 79.1 Å². The largest absolute Gasteiger partial charge is 0.508 e. The number of carbonyl (C=O) groups is 5. The first-order chi connectivity index (χ1) is 18.4. The van der Waals surface area contributed by atoms with Crippen LogP contribution in [0.1, 0.15) is 37.9 Å². The van der Waals surface area contributed by atoms with Gasteiger partial charge in [-0.25, -0.2) is 9.78 Å². The molecule has 14 nitrogen and oxygen atoms in total. The number of carbonyl (C=O) groups excluding carboxylic acids is 3. The Morgan fingerprint density at radius 2 is 1.59 bits per heavy atom. The van der Waals surface area contributed by atoms with Gasteiger partial charge in [0.25, 0.3) is 0 Å². The lowest BCUT2D eigenvalue weighted by Gasteiger charge is -2.27. The second kappa shape index (κ2) is 14.5. The van der Waals surface area contributed by atoms with Gasteiger partial charge in [0.05, 0.1) is 18.8 Å². The molecule has 1 heterocycles. The van der Waals surface area contributed by atoms with Crippen molar-refractivity contribution in [3.63, 3.8) is 0 Å². The molecule has 0 aliphatic heterocycles. The molecule has 0 aliphatic carbocycles. The number of phenolic OH excluding ortho intramolecular Hbond substituents is 1. The summed E-state index contributed by atoms with van der Waals surface area (Å²) in [6.07, 6.45) is 2.48. The topological polar surface area (TPSA) is 237 Å². The zero-order chi connectivity index (χ0) is 29.1. The summed E-state index contributed by atoms with van der Waals surface area (Å²) < 4.78 is 0. The van der Waals surface area contributed by atoms with E-state index in [1.54, 1.807) is 13.8 Å². The molecule has 3 amide bonds. The lowest BCUT2D eigenvalue weighted by Crippen LogP contribution is -2.59. The van der Waals surface area contributed by atoms with Crippen molar-refractivity contribution in [2.75, 3.05) is 0 Å². The van der Waals surface area contributed by atoms with Crippen LogP contribution in [0.2, 0.25) is 0 Å². The molecule has 0 radical (unpaired) electrons. The Balaban J connectivity index is 2.14. The van der Waals surface area contributed by atoms with E-state index in [0.717, 1.165) is 0 Å². The predicted molar refractivity (Wildman–Crippen MR) is 137 cm³/mol. The molecule has 14 heteroatoms. The molecule has 1 aromatic heterocycles. The minimum absolute atomic E-state index is 0.000484. The summed E-state index contributed by atoms with van der Waals surface area (Å²) in [5.41, 5.74) is 6.99. The average molecular weight is 547 g/mol. The van der Waals surface area contributed by atoms with E-state index in [2.05, 4.69) is 25.9 Å². The molecule has 1 aromatic carbocycles. The Labute approximate surface area is 224 Å². The van der Waals surface area contributed by atoms with Crippen molar-refractivity contribution in [3.05, 3.63) is 48.0 Å². The van der Waals surface area contributed by atoms with Crippen LogP contribution in [0.25, 0.3) is 0 Å². The second-order valence-corrected chi connectivity index (χ2v) is 9.19. The number of H-pyrrole nitrogens is 1. The maximum atomic E-state index is 13.1. The number of carboxylic acid groups (broad SMARTS) is 2. The number of nitrogens with one attached hydrogen (secondary N) is 4. The minimum atomic E-state index is -1.55. The molecular weight excluding hydrogens is 512 g/mol. The van der Waals surface area contributed by atoms with Crippen LogP contribution in [0.4, 0.5) is 0 Å². The van der Waals surface area contributed by atoms with Gasteiger partial charge in [-0.3, -0.25) is 19.2 Å². The van der Waals surface area contributed by atoms with E-state index in [9.17, 15) is 39.3 Å². The number of hydrogen-bond donors (Lipinski definition) is 8. The molecule has 0 saturated heterocycles. The summed E-state index contributed by atoms with van der Waals surface area (Å²) in [6.45, 7) is 3.42. The van der Waals surface area contributed by atoms with Gasteiger partial charge in [0.15, 0.2) is 0 Å². The highest BCUT2D eigenvalue weighted by atomic mass is 16.4. The minimum Gasteiger partial charge on any atom is -0.508 e. The molecule has 9 N–H and O–H groups in total. The number of amides is 3. The number of imidazole rings is 1. The zero-order valence-corrected chi connectivity index (χ0v) is 21.6. The number of aromatic hydroxyl groups is 1. The fourth-order valence-electron chi connectivity index (χ4n) is 3.67. The smallest absolute Gasteiger partial charge is 0.326 e. The number of rotatable bonds is 15. The lowest BCUT2D eigenvalue weighted by atomic mass is 9.96. The third kappa shape index (κ3) is 9.74. The highest BCUT2D eigenvalue weighted by Gasteiger charge is 2.33. The van der Waals surface area contributed by atoms with Crippen LogP contribution < -0.4 is 21.7 Å². The first-order valence-electron chi connectivity index (χ1n) is 12.3. The number of aliphatic carboxylic acids is 2. The Morgan fingerprint density at radius 1 is 0.949 bits per heavy atom. The lowest BCUT2D eigenvalue weighted by molar-refractivity contribution is -0.143. The molecule has 0 spiro atoms. The zero-order valence-electron chi connectivity index (χ0n) is 21.6. The van der Waals surface area contributed by atoms with Crippen LogP contribution in [0.15, 0.2) is 36.8 Å². The molecule has 2 rings (SSSR count). The summed E-state index contributed by atoms with van der Waals surface area (Å²) in [5, 5.41) is 35.6. The maximum absolute atomic E-state index is 13.1. The third-order valence-electron chi connectivity index (χ3n) is 6.13. The second-order valence-electron chi connectivity index (χ2n) is 9.19. The average Bonchev–Trinajstić information content (AvgIpc) is 3.39. The van der Waals surface area contributed by atoms with Gasteiger partial charge >= 0.3 is 11.9 Å². The Bertz CT molecular complexity index is 1140. The summed E-state index contributed by atoms with van der Waals surface area (Å²) >= 11 is 0. The van der Waals surface area contributed by atoms with E-state index in [-0.39, 0.29) is 18.6 Å².